The van der Waals surface area contributed by atoms with E-state index in [1.54, 1.807) is 12.1 Å². The van der Waals surface area contributed by atoms with Gasteiger partial charge in [-0.3, -0.25) is 9.59 Å². The largest absolute Gasteiger partial charge is 0.340 e. The molecule has 1 heterocycles. The van der Waals surface area contributed by atoms with Gasteiger partial charge >= 0.3 is 0 Å². The lowest BCUT2D eigenvalue weighted by molar-refractivity contribution is -0.132. The number of nitrogens with one attached hydrogen (secondary N) is 1. The molecule has 3 N–H and O–H groups in total. The summed E-state index contributed by atoms with van der Waals surface area (Å²) in [6.45, 7) is 1.43. The van der Waals surface area contributed by atoms with Gasteiger partial charge in [0.1, 0.15) is 6.04 Å². The average Bonchev–Trinajstić information content (AvgIpc) is 3.29. The topological polar surface area (TPSA) is 75.4 Å². The lowest BCUT2D eigenvalue weighted by Gasteiger charge is -2.26. The summed E-state index contributed by atoms with van der Waals surface area (Å²) in [7, 11) is 0. The summed E-state index contributed by atoms with van der Waals surface area (Å²) >= 11 is 0. The Bertz CT molecular complexity index is 809. The van der Waals surface area contributed by atoms with E-state index < -0.39 is 6.04 Å². The molecule has 5 nitrogen and oxygen atoms in total. The van der Waals surface area contributed by atoms with Crippen molar-refractivity contribution in [3.05, 3.63) is 71.8 Å². The number of fused-ring (bicyclic) bond motifs is 1. The van der Waals surface area contributed by atoms with Crippen LogP contribution < -0.4 is 11.1 Å². The minimum absolute atomic E-state index is 0.0490. The van der Waals surface area contributed by atoms with E-state index in [-0.39, 0.29) is 17.9 Å². The monoisotopic (exact) mass is 363 g/mol. The van der Waals surface area contributed by atoms with Crippen LogP contribution in [0.15, 0.2) is 60.7 Å². The average molecular weight is 363 g/mol. The van der Waals surface area contributed by atoms with E-state index in [1.165, 1.54) is 0 Å². The highest BCUT2D eigenvalue weighted by Gasteiger charge is 2.44. The van der Waals surface area contributed by atoms with E-state index in [0.29, 0.717) is 23.9 Å². The third kappa shape index (κ3) is 3.60. The first-order valence-corrected chi connectivity index (χ1v) is 9.58. The van der Waals surface area contributed by atoms with Gasteiger partial charge in [0, 0.05) is 24.7 Å². The number of nitrogens with two attached hydrogens (primary N) is 1. The van der Waals surface area contributed by atoms with Crippen molar-refractivity contribution in [2.24, 2.45) is 17.6 Å². The van der Waals surface area contributed by atoms with Crippen molar-refractivity contribution < 1.29 is 9.59 Å². The standard InChI is InChI=1S/C22H25N3O2/c23-19-12-11-17-13-25(14-18(17)19)22(27)20(15-7-3-1-4-8-15)24-21(26)16-9-5-2-6-10-16/h1-10,17-20H,11-14,23H2,(H,24,26). The molecule has 4 unspecified atom stereocenters. The molecule has 1 aliphatic carbocycles. The van der Waals surface area contributed by atoms with Gasteiger partial charge in [-0.15, -0.1) is 0 Å². The molecule has 2 aliphatic rings. The Morgan fingerprint density at radius 2 is 1.63 bits per heavy atom. The molecular weight excluding hydrogens is 338 g/mol. The molecule has 1 saturated heterocycles. The molecule has 2 amide bonds. The molecule has 140 valence electrons. The van der Waals surface area contributed by atoms with Crippen LogP contribution in [0.3, 0.4) is 0 Å². The second-order valence-electron chi connectivity index (χ2n) is 7.59. The highest BCUT2D eigenvalue weighted by molar-refractivity contribution is 5.97. The summed E-state index contributed by atoms with van der Waals surface area (Å²) in [5.41, 5.74) is 7.57. The Kier molecular flexibility index (Phi) is 4.94. The van der Waals surface area contributed by atoms with Gasteiger partial charge in [-0.2, -0.15) is 0 Å². The number of hydrogen-bond donors (Lipinski definition) is 2. The maximum absolute atomic E-state index is 13.3. The third-order valence-corrected chi connectivity index (χ3v) is 5.92. The number of likely N-dealkylation sites (tertiary alicyclic amines) is 1. The van der Waals surface area contributed by atoms with E-state index in [4.69, 9.17) is 5.73 Å². The van der Waals surface area contributed by atoms with Crippen LogP contribution >= 0.6 is 0 Å². The molecule has 1 aliphatic heterocycles. The Labute approximate surface area is 159 Å². The summed E-state index contributed by atoms with van der Waals surface area (Å²) in [6.07, 6.45) is 2.13. The number of nitrogens with zero attached hydrogens (tertiary/aromatic N) is 1. The van der Waals surface area contributed by atoms with Gasteiger partial charge in [0.15, 0.2) is 0 Å². The van der Waals surface area contributed by atoms with Crippen molar-refractivity contribution in [1.29, 1.82) is 0 Å². The predicted molar refractivity (Wildman–Crippen MR) is 104 cm³/mol. The Morgan fingerprint density at radius 3 is 2.30 bits per heavy atom. The van der Waals surface area contributed by atoms with E-state index in [2.05, 4.69) is 5.32 Å². The molecule has 0 aromatic heterocycles. The minimum Gasteiger partial charge on any atom is -0.340 e. The highest BCUT2D eigenvalue weighted by atomic mass is 16.2. The van der Waals surface area contributed by atoms with Crippen molar-refractivity contribution >= 4 is 11.8 Å². The van der Waals surface area contributed by atoms with Gasteiger partial charge in [-0.1, -0.05) is 48.5 Å². The second-order valence-corrected chi connectivity index (χ2v) is 7.59. The molecule has 0 spiro atoms. The summed E-state index contributed by atoms with van der Waals surface area (Å²) in [4.78, 5) is 27.9. The zero-order chi connectivity index (χ0) is 18.8. The van der Waals surface area contributed by atoms with Crippen LogP contribution in [0.25, 0.3) is 0 Å². The van der Waals surface area contributed by atoms with Gasteiger partial charge in [-0.25, -0.2) is 0 Å². The molecule has 4 atom stereocenters. The summed E-state index contributed by atoms with van der Waals surface area (Å²) in [6, 6.07) is 17.9. The number of amides is 2. The number of carbonyl (C=O) groups is 2. The molecule has 2 fully saturated rings. The Morgan fingerprint density at radius 1 is 0.963 bits per heavy atom. The van der Waals surface area contributed by atoms with Crippen LogP contribution in [0.5, 0.6) is 0 Å². The molecule has 4 rings (SSSR count). The van der Waals surface area contributed by atoms with Crippen molar-refractivity contribution in [3.8, 4) is 0 Å². The number of hydrogen-bond acceptors (Lipinski definition) is 3. The summed E-state index contributed by atoms with van der Waals surface area (Å²) in [5.74, 6) is 0.585. The molecule has 0 bridgehead atoms. The molecular formula is C22H25N3O2. The van der Waals surface area contributed by atoms with Crippen LogP contribution in [0, 0.1) is 11.8 Å². The Hall–Kier alpha value is -2.66. The van der Waals surface area contributed by atoms with Gasteiger partial charge < -0.3 is 16.0 Å². The minimum atomic E-state index is -0.686. The summed E-state index contributed by atoms with van der Waals surface area (Å²) < 4.78 is 0. The third-order valence-electron chi connectivity index (χ3n) is 5.92. The van der Waals surface area contributed by atoms with E-state index in [9.17, 15) is 9.59 Å². The highest BCUT2D eigenvalue weighted by Crippen LogP contribution is 2.38. The predicted octanol–water partition coefficient (Wildman–Crippen LogP) is 2.35. The molecule has 1 saturated carbocycles. The Balaban J connectivity index is 1.55. The zero-order valence-corrected chi connectivity index (χ0v) is 15.3. The first kappa shape index (κ1) is 17.7. The normalized spacial score (nSPS) is 25.1. The van der Waals surface area contributed by atoms with E-state index in [0.717, 1.165) is 24.9 Å². The quantitative estimate of drug-likeness (QED) is 0.876. The van der Waals surface area contributed by atoms with Crippen molar-refractivity contribution in [3.63, 3.8) is 0 Å². The van der Waals surface area contributed by atoms with Crippen molar-refractivity contribution in [2.45, 2.75) is 24.9 Å². The van der Waals surface area contributed by atoms with Crippen LogP contribution in [0.1, 0.15) is 34.8 Å². The fraction of sp³-hybridized carbons (Fsp3) is 0.364. The number of carbonyl (C=O) groups excluding carboxylic acids is 2. The van der Waals surface area contributed by atoms with E-state index >= 15 is 0 Å². The molecule has 5 heteroatoms. The molecule has 2 aromatic rings. The fourth-order valence-electron chi connectivity index (χ4n) is 4.41. The zero-order valence-electron chi connectivity index (χ0n) is 15.3. The summed E-state index contributed by atoms with van der Waals surface area (Å²) in [5, 5.41) is 2.94. The van der Waals surface area contributed by atoms with Crippen LogP contribution in [0.2, 0.25) is 0 Å². The van der Waals surface area contributed by atoms with Crippen molar-refractivity contribution in [2.75, 3.05) is 13.1 Å². The first-order valence-electron chi connectivity index (χ1n) is 9.58. The molecule has 2 aromatic carbocycles. The van der Waals surface area contributed by atoms with Crippen LogP contribution in [0.4, 0.5) is 0 Å². The van der Waals surface area contributed by atoms with E-state index in [1.807, 2.05) is 53.4 Å². The smallest absolute Gasteiger partial charge is 0.252 e. The molecule has 0 radical (unpaired) electrons. The van der Waals surface area contributed by atoms with Gasteiger partial charge in [0.25, 0.3) is 5.91 Å². The number of benzene rings is 2. The second kappa shape index (κ2) is 7.53. The lowest BCUT2D eigenvalue weighted by Crippen LogP contribution is -2.43. The van der Waals surface area contributed by atoms with Crippen LogP contribution in [-0.4, -0.2) is 35.8 Å². The lowest BCUT2D eigenvalue weighted by atomic mass is 9.98. The van der Waals surface area contributed by atoms with Crippen LogP contribution in [-0.2, 0) is 4.79 Å². The SMILES string of the molecule is NC1CCC2CN(C(=O)C(NC(=O)c3ccccc3)c3ccccc3)CC12. The van der Waals surface area contributed by atoms with Gasteiger partial charge in [0.05, 0.1) is 0 Å². The van der Waals surface area contributed by atoms with Gasteiger partial charge in [0.2, 0.25) is 5.91 Å². The fourth-order valence-corrected chi connectivity index (χ4v) is 4.41. The molecule has 27 heavy (non-hydrogen) atoms. The number of rotatable bonds is 4. The maximum Gasteiger partial charge on any atom is 0.252 e. The van der Waals surface area contributed by atoms with Gasteiger partial charge in [-0.05, 0) is 42.4 Å². The van der Waals surface area contributed by atoms with Crippen molar-refractivity contribution in [1.82, 2.24) is 10.2 Å². The maximum atomic E-state index is 13.3. The first-order chi connectivity index (χ1) is 13.1.